The van der Waals surface area contributed by atoms with Gasteiger partial charge in [0.1, 0.15) is 0 Å². The Labute approximate surface area is 124 Å². The van der Waals surface area contributed by atoms with Gasteiger partial charge in [0.25, 0.3) is 0 Å². The summed E-state index contributed by atoms with van der Waals surface area (Å²) >= 11 is 0. The highest BCUT2D eigenvalue weighted by atomic mass is 15.1. The van der Waals surface area contributed by atoms with Crippen LogP contribution in [0, 0.1) is 11.3 Å². The topological polar surface area (TPSA) is 29.3 Å². The highest BCUT2D eigenvalue weighted by molar-refractivity contribution is 5.21. The zero-order valence-corrected chi connectivity index (χ0v) is 13.3. The molecule has 0 aliphatic carbocycles. The standard InChI is InChI=1S/C18H30N2/c1-18(2,3)11-15(12-19)13-20-10-9-17(14-20)16-7-5-4-6-8-16/h4-8,15,17H,9-14,19H2,1-3H3. The van der Waals surface area contributed by atoms with Crippen molar-refractivity contribution in [1.82, 2.24) is 4.90 Å². The summed E-state index contributed by atoms with van der Waals surface area (Å²) in [5, 5.41) is 0. The van der Waals surface area contributed by atoms with Gasteiger partial charge in [0.05, 0.1) is 0 Å². The summed E-state index contributed by atoms with van der Waals surface area (Å²) in [6.07, 6.45) is 2.51. The largest absolute Gasteiger partial charge is 0.330 e. The molecule has 2 unspecified atom stereocenters. The van der Waals surface area contributed by atoms with E-state index in [2.05, 4.69) is 56.0 Å². The minimum absolute atomic E-state index is 0.378. The lowest BCUT2D eigenvalue weighted by Crippen LogP contribution is -2.33. The predicted octanol–water partition coefficient (Wildman–Crippen LogP) is 3.49. The molecule has 1 aromatic carbocycles. The molecule has 2 N–H and O–H groups in total. The molecule has 0 radical (unpaired) electrons. The lowest BCUT2D eigenvalue weighted by Gasteiger charge is -2.28. The summed E-state index contributed by atoms with van der Waals surface area (Å²) in [7, 11) is 0. The number of likely N-dealkylation sites (tertiary alicyclic amines) is 1. The zero-order chi connectivity index (χ0) is 14.6. The van der Waals surface area contributed by atoms with E-state index in [1.54, 1.807) is 0 Å². The molecule has 2 heteroatoms. The normalized spacial score (nSPS) is 22.1. The number of nitrogens with two attached hydrogens (primary N) is 1. The van der Waals surface area contributed by atoms with Crippen LogP contribution < -0.4 is 5.73 Å². The first-order valence-electron chi connectivity index (χ1n) is 7.95. The summed E-state index contributed by atoms with van der Waals surface area (Å²) in [5.41, 5.74) is 7.85. The van der Waals surface area contributed by atoms with Gasteiger partial charge >= 0.3 is 0 Å². The molecule has 2 rings (SSSR count). The van der Waals surface area contributed by atoms with Gasteiger partial charge in [-0.3, -0.25) is 0 Å². The van der Waals surface area contributed by atoms with Gasteiger partial charge in [0.15, 0.2) is 0 Å². The first kappa shape index (κ1) is 15.5. The molecule has 1 fully saturated rings. The number of hydrogen-bond donors (Lipinski definition) is 1. The average Bonchev–Trinajstić information content (AvgIpc) is 2.86. The van der Waals surface area contributed by atoms with Crippen LogP contribution in [0.4, 0.5) is 0 Å². The summed E-state index contributed by atoms with van der Waals surface area (Å²) in [4.78, 5) is 2.61. The van der Waals surface area contributed by atoms with E-state index in [1.165, 1.54) is 31.5 Å². The lowest BCUT2D eigenvalue weighted by molar-refractivity contribution is 0.219. The van der Waals surface area contributed by atoms with Crippen LogP contribution in [0.1, 0.15) is 45.1 Å². The van der Waals surface area contributed by atoms with Crippen LogP contribution >= 0.6 is 0 Å². The molecule has 0 amide bonds. The maximum Gasteiger partial charge on any atom is 0.00509 e. The van der Waals surface area contributed by atoms with Crippen molar-refractivity contribution in [2.24, 2.45) is 17.1 Å². The van der Waals surface area contributed by atoms with Gasteiger partial charge < -0.3 is 10.6 Å². The number of rotatable bonds is 5. The van der Waals surface area contributed by atoms with Crippen molar-refractivity contribution in [2.75, 3.05) is 26.2 Å². The van der Waals surface area contributed by atoms with Crippen LogP contribution in [0.2, 0.25) is 0 Å². The molecule has 1 saturated heterocycles. The van der Waals surface area contributed by atoms with E-state index in [0.717, 1.165) is 13.1 Å². The Hall–Kier alpha value is -0.860. The number of hydrogen-bond acceptors (Lipinski definition) is 2. The maximum absolute atomic E-state index is 5.98. The fraction of sp³-hybridized carbons (Fsp3) is 0.667. The molecule has 1 heterocycles. The van der Waals surface area contributed by atoms with Crippen molar-refractivity contribution in [3.05, 3.63) is 35.9 Å². The second kappa shape index (κ2) is 6.73. The number of nitrogens with zero attached hydrogens (tertiary/aromatic N) is 1. The molecular formula is C18H30N2. The van der Waals surface area contributed by atoms with Crippen molar-refractivity contribution in [3.63, 3.8) is 0 Å². The van der Waals surface area contributed by atoms with Crippen LogP contribution in [0.25, 0.3) is 0 Å². The minimum Gasteiger partial charge on any atom is -0.330 e. The summed E-state index contributed by atoms with van der Waals surface area (Å²) in [6.45, 7) is 11.3. The van der Waals surface area contributed by atoms with Crippen molar-refractivity contribution in [1.29, 1.82) is 0 Å². The van der Waals surface area contributed by atoms with E-state index in [0.29, 0.717) is 17.3 Å². The third kappa shape index (κ3) is 4.60. The SMILES string of the molecule is CC(C)(C)CC(CN)CN1CCC(c2ccccc2)C1. The summed E-state index contributed by atoms with van der Waals surface area (Å²) in [6, 6.07) is 10.9. The van der Waals surface area contributed by atoms with Gasteiger partial charge in [-0.15, -0.1) is 0 Å². The molecule has 1 aliphatic rings. The minimum atomic E-state index is 0.378. The van der Waals surface area contributed by atoms with Crippen LogP contribution in [-0.4, -0.2) is 31.1 Å². The molecule has 0 bridgehead atoms. The highest BCUT2D eigenvalue weighted by Gasteiger charge is 2.26. The van der Waals surface area contributed by atoms with Crippen molar-refractivity contribution in [2.45, 2.75) is 39.5 Å². The van der Waals surface area contributed by atoms with Crippen molar-refractivity contribution >= 4 is 0 Å². The molecule has 20 heavy (non-hydrogen) atoms. The fourth-order valence-corrected chi connectivity index (χ4v) is 3.45. The van der Waals surface area contributed by atoms with E-state index >= 15 is 0 Å². The average molecular weight is 274 g/mol. The van der Waals surface area contributed by atoms with E-state index in [1.807, 2.05) is 0 Å². The first-order chi connectivity index (χ1) is 9.48. The Bertz CT molecular complexity index is 394. The highest BCUT2D eigenvalue weighted by Crippen LogP contribution is 2.29. The summed E-state index contributed by atoms with van der Waals surface area (Å²) < 4.78 is 0. The zero-order valence-electron chi connectivity index (χ0n) is 13.3. The quantitative estimate of drug-likeness (QED) is 0.890. The molecule has 0 aromatic heterocycles. The number of benzene rings is 1. The molecule has 0 spiro atoms. The smallest absolute Gasteiger partial charge is 0.00509 e. The van der Waals surface area contributed by atoms with Gasteiger partial charge in [-0.25, -0.2) is 0 Å². The summed E-state index contributed by atoms with van der Waals surface area (Å²) in [5.74, 6) is 1.34. The van der Waals surface area contributed by atoms with Gasteiger partial charge in [-0.05, 0) is 48.7 Å². The van der Waals surface area contributed by atoms with Crippen LogP contribution in [0.15, 0.2) is 30.3 Å². The molecule has 0 saturated carbocycles. The molecule has 2 atom stereocenters. The van der Waals surface area contributed by atoms with E-state index in [-0.39, 0.29) is 0 Å². The van der Waals surface area contributed by atoms with Crippen molar-refractivity contribution < 1.29 is 0 Å². The second-order valence-electron chi connectivity index (χ2n) is 7.52. The van der Waals surface area contributed by atoms with Gasteiger partial charge in [0, 0.05) is 13.1 Å². The second-order valence-corrected chi connectivity index (χ2v) is 7.52. The molecule has 1 aliphatic heterocycles. The molecule has 2 nitrogen and oxygen atoms in total. The Morgan fingerprint density at radius 3 is 2.55 bits per heavy atom. The monoisotopic (exact) mass is 274 g/mol. The molecular weight excluding hydrogens is 244 g/mol. The first-order valence-corrected chi connectivity index (χ1v) is 7.95. The van der Waals surface area contributed by atoms with Crippen LogP contribution in [0.5, 0.6) is 0 Å². The Morgan fingerprint density at radius 2 is 1.95 bits per heavy atom. The maximum atomic E-state index is 5.98. The van der Waals surface area contributed by atoms with Crippen molar-refractivity contribution in [3.8, 4) is 0 Å². The third-order valence-corrected chi connectivity index (χ3v) is 4.29. The predicted molar refractivity (Wildman–Crippen MR) is 86.9 cm³/mol. The van der Waals surface area contributed by atoms with Crippen LogP contribution in [-0.2, 0) is 0 Å². The Kier molecular flexibility index (Phi) is 5.22. The fourth-order valence-electron chi connectivity index (χ4n) is 3.45. The van der Waals surface area contributed by atoms with Gasteiger partial charge in [0.2, 0.25) is 0 Å². The molecule has 1 aromatic rings. The van der Waals surface area contributed by atoms with Gasteiger partial charge in [-0.1, -0.05) is 51.1 Å². The molecule has 112 valence electrons. The van der Waals surface area contributed by atoms with E-state index in [4.69, 9.17) is 5.73 Å². The Morgan fingerprint density at radius 1 is 1.25 bits per heavy atom. The van der Waals surface area contributed by atoms with E-state index in [9.17, 15) is 0 Å². The third-order valence-electron chi connectivity index (χ3n) is 4.29. The van der Waals surface area contributed by atoms with E-state index < -0.39 is 0 Å². The lowest BCUT2D eigenvalue weighted by atomic mass is 9.84. The van der Waals surface area contributed by atoms with Crippen LogP contribution in [0.3, 0.4) is 0 Å². The Balaban J connectivity index is 1.86. The van der Waals surface area contributed by atoms with Gasteiger partial charge in [-0.2, -0.15) is 0 Å².